The number of fused-ring (bicyclic) bond motifs is 1. The van der Waals surface area contributed by atoms with Crippen molar-refractivity contribution in [3.8, 4) is 5.75 Å². The van der Waals surface area contributed by atoms with Crippen molar-refractivity contribution in [2.45, 2.75) is 6.54 Å². The Morgan fingerprint density at radius 2 is 2.15 bits per heavy atom. The highest BCUT2D eigenvalue weighted by molar-refractivity contribution is 7.16. The topological polar surface area (TPSA) is 77.2 Å². The lowest BCUT2D eigenvalue weighted by molar-refractivity contribution is 0.0691. The standard InChI is InChI=1S/C13H11N3O3S/c1-19-9-4-2-8(3-5-9)6-16-12-10(14-7-20-12)11(15-16)13(17)18/h2-5,7H,6H2,1H3,(H,17,18). The normalized spacial score (nSPS) is 10.8. The lowest BCUT2D eigenvalue weighted by atomic mass is 10.2. The first-order valence-corrected chi connectivity index (χ1v) is 6.73. The van der Waals surface area contributed by atoms with Crippen molar-refractivity contribution in [3.05, 3.63) is 41.0 Å². The number of aromatic carboxylic acids is 1. The van der Waals surface area contributed by atoms with Crippen LogP contribution in [0.5, 0.6) is 5.75 Å². The molecule has 2 heterocycles. The van der Waals surface area contributed by atoms with Crippen LogP contribution in [0.15, 0.2) is 29.8 Å². The smallest absolute Gasteiger partial charge is 0.358 e. The first kappa shape index (κ1) is 12.6. The number of carboxylic acid groups (broad SMARTS) is 1. The molecule has 1 aromatic carbocycles. The fourth-order valence-corrected chi connectivity index (χ4v) is 2.70. The van der Waals surface area contributed by atoms with Crippen molar-refractivity contribution >= 4 is 27.7 Å². The second-order valence-electron chi connectivity index (χ2n) is 4.17. The predicted molar refractivity (Wildman–Crippen MR) is 74.5 cm³/mol. The van der Waals surface area contributed by atoms with Gasteiger partial charge in [-0.05, 0) is 17.7 Å². The average molecular weight is 289 g/mol. The maximum absolute atomic E-state index is 11.1. The third kappa shape index (κ3) is 2.12. The Morgan fingerprint density at radius 3 is 2.80 bits per heavy atom. The summed E-state index contributed by atoms with van der Waals surface area (Å²) < 4.78 is 6.77. The molecule has 0 saturated carbocycles. The number of benzene rings is 1. The predicted octanol–water partition coefficient (Wildman–Crippen LogP) is 2.25. The third-order valence-electron chi connectivity index (χ3n) is 2.92. The summed E-state index contributed by atoms with van der Waals surface area (Å²) in [5.74, 6) is -0.280. The number of aromatic nitrogens is 3. The molecule has 0 radical (unpaired) electrons. The van der Waals surface area contributed by atoms with Gasteiger partial charge >= 0.3 is 5.97 Å². The highest BCUT2D eigenvalue weighted by Crippen LogP contribution is 2.22. The van der Waals surface area contributed by atoms with E-state index in [2.05, 4.69) is 10.1 Å². The van der Waals surface area contributed by atoms with Gasteiger partial charge in [0.15, 0.2) is 5.69 Å². The molecule has 0 aliphatic rings. The van der Waals surface area contributed by atoms with Crippen molar-refractivity contribution in [1.29, 1.82) is 0 Å². The zero-order chi connectivity index (χ0) is 14.1. The number of thiazole rings is 1. The van der Waals surface area contributed by atoms with E-state index in [-0.39, 0.29) is 5.69 Å². The van der Waals surface area contributed by atoms with E-state index in [1.54, 1.807) is 17.3 Å². The molecule has 0 aliphatic carbocycles. The molecule has 0 fully saturated rings. The van der Waals surface area contributed by atoms with Gasteiger partial charge in [-0.3, -0.25) is 0 Å². The van der Waals surface area contributed by atoms with E-state index >= 15 is 0 Å². The summed E-state index contributed by atoms with van der Waals surface area (Å²) >= 11 is 1.38. The molecule has 0 unspecified atom stereocenters. The average Bonchev–Trinajstić information content (AvgIpc) is 3.03. The first-order chi connectivity index (χ1) is 9.69. The van der Waals surface area contributed by atoms with E-state index in [9.17, 15) is 4.79 Å². The van der Waals surface area contributed by atoms with Crippen molar-refractivity contribution in [2.75, 3.05) is 7.11 Å². The van der Waals surface area contributed by atoms with Gasteiger partial charge in [0.25, 0.3) is 0 Å². The Balaban J connectivity index is 1.97. The maximum atomic E-state index is 11.1. The van der Waals surface area contributed by atoms with Crippen LogP contribution in [-0.2, 0) is 6.54 Å². The lowest BCUT2D eigenvalue weighted by Gasteiger charge is -2.04. The molecule has 3 rings (SSSR count). The maximum Gasteiger partial charge on any atom is 0.358 e. The minimum Gasteiger partial charge on any atom is -0.497 e. The largest absolute Gasteiger partial charge is 0.497 e. The lowest BCUT2D eigenvalue weighted by Crippen LogP contribution is -2.04. The van der Waals surface area contributed by atoms with Gasteiger partial charge in [0, 0.05) is 0 Å². The minimum absolute atomic E-state index is 0.00485. The molecule has 0 spiro atoms. The number of hydrogen-bond donors (Lipinski definition) is 1. The van der Waals surface area contributed by atoms with Crippen LogP contribution in [0.2, 0.25) is 0 Å². The van der Waals surface area contributed by atoms with Gasteiger partial charge in [0.05, 0.1) is 19.2 Å². The summed E-state index contributed by atoms with van der Waals surface area (Å²) in [5, 5.41) is 13.2. The first-order valence-electron chi connectivity index (χ1n) is 5.85. The fraction of sp³-hybridized carbons (Fsp3) is 0.154. The Hall–Kier alpha value is -2.41. The van der Waals surface area contributed by atoms with Gasteiger partial charge < -0.3 is 9.84 Å². The molecular weight excluding hydrogens is 278 g/mol. The van der Waals surface area contributed by atoms with Crippen molar-refractivity contribution in [3.63, 3.8) is 0 Å². The number of ether oxygens (including phenoxy) is 1. The molecule has 0 saturated heterocycles. The van der Waals surface area contributed by atoms with Gasteiger partial charge in [-0.25, -0.2) is 14.5 Å². The second kappa shape index (κ2) is 4.93. The Morgan fingerprint density at radius 1 is 1.40 bits per heavy atom. The molecule has 0 bridgehead atoms. The minimum atomic E-state index is -1.06. The van der Waals surface area contributed by atoms with Crippen LogP contribution in [-0.4, -0.2) is 33.0 Å². The van der Waals surface area contributed by atoms with Gasteiger partial charge in [-0.15, -0.1) is 11.3 Å². The molecule has 20 heavy (non-hydrogen) atoms. The molecule has 2 aromatic heterocycles. The molecule has 7 heteroatoms. The molecule has 0 amide bonds. The SMILES string of the molecule is COc1ccc(Cn2nc(C(=O)O)c3ncsc32)cc1. The quantitative estimate of drug-likeness (QED) is 0.797. The summed E-state index contributed by atoms with van der Waals surface area (Å²) in [4.78, 5) is 16.0. The van der Waals surface area contributed by atoms with E-state index in [0.717, 1.165) is 16.1 Å². The Labute approximate surface area is 118 Å². The van der Waals surface area contributed by atoms with Crippen LogP contribution in [0, 0.1) is 0 Å². The number of methoxy groups -OCH3 is 1. The van der Waals surface area contributed by atoms with E-state index in [4.69, 9.17) is 9.84 Å². The highest BCUT2D eigenvalue weighted by atomic mass is 32.1. The molecule has 6 nitrogen and oxygen atoms in total. The van der Waals surface area contributed by atoms with E-state index in [1.165, 1.54) is 11.3 Å². The summed E-state index contributed by atoms with van der Waals surface area (Å²) in [5.41, 5.74) is 3.08. The van der Waals surface area contributed by atoms with E-state index < -0.39 is 5.97 Å². The van der Waals surface area contributed by atoms with Crippen LogP contribution >= 0.6 is 11.3 Å². The highest BCUT2D eigenvalue weighted by Gasteiger charge is 2.18. The molecule has 102 valence electrons. The molecule has 0 atom stereocenters. The van der Waals surface area contributed by atoms with Gasteiger partial charge in [0.2, 0.25) is 0 Å². The van der Waals surface area contributed by atoms with Crippen LogP contribution in [0.1, 0.15) is 16.1 Å². The number of carbonyl (C=O) groups is 1. The monoisotopic (exact) mass is 289 g/mol. The summed E-state index contributed by atoms with van der Waals surface area (Å²) in [6, 6.07) is 7.57. The van der Waals surface area contributed by atoms with E-state index in [1.807, 2.05) is 24.3 Å². The number of nitrogens with zero attached hydrogens (tertiary/aromatic N) is 3. The molecule has 1 N–H and O–H groups in total. The van der Waals surface area contributed by atoms with Crippen LogP contribution in [0.3, 0.4) is 0 Å². The number of rotatable bonds is 4. The van der Waals surface area contributed by atoms with Gasteiger partial charge in [0.1, 0.15) is 16.1 Å². The molecule has 3 aromatic rings. The third-order valence-corrected chi connectivity index (χ3v) is 3.76. The van der Waals surface area contributed by atoms with Crippen molar-refractivity contribution in [2.24, 2.45) is 0 Å². The number of carboxylic acids is 1. The van der Waals surface area contributed by atoms with Crippen LogP contribution in [0.25, 0.3) is 10.3 Å². The number of hydrogen-bond acceptors (Lipinski definition) is 5. The Kier molecular flexibility index (Phi) is 3.11. The van der Waals surface area contributed by atoms with Crippen molar-refractivity contribution < 1.29 is 14.6 Å². The summed E-state index contributed by atoms with van der Waals surface area (Å²) in [6.45, 7) is 0.496. The summed E-state index contributed by atoms with van der Waals surface area (Å²) in [7, 11) is 1.61. The zero-order valence-corrected chi connectivity index (χ0v) is 11.4. The second-order valence-corrected chi connectivity index (χ2v) is 5.00. The van der Waals surface area contributed by atoms with Gasteiger partial charge in [-0.2, -0.15) is 5.10 Å². The Bertz CT molecular complexity index is 761. The zero-order valence-electron chi connectivity index (χ0n) is 10.6. The van der Waals surface area contributed by atoms with Crippen molar-refractivity contribution in [1.82, 2.24) is 14.8 Å². The molecular formula is C13H11N3O3S. The van der Waals surface area contributed by atoms with Crippen LogP contribution < -0.4 is 4.74 Å². The fourth-order valence-electron chi connectivity index (χ4n) is 1.95. The van der Waals surface area contributed by atoms with Crippen LogP contribution in [0.4, 0.5) is 0 Å². The van der Waals surface area contributed by atoms with E-state index in [0.29, 0.717) is 12.1 Å². The van der Waals surface area contributed by atoms with Gasteiger partial charge in [-0.1, -0.05) is 12.1 Å². The summed E-state index contributed by atoms with van der Waals surface area (Å²) in [6.07, 6.45) is 0. The molecule has 0 aliphatic heterocycles.